The van der Waals surface area contributed by atoms with Crippen LogP contribution in [0.3, 0.4) is 0 Å². The molecule has 1 amide bonds. The number of benzene rings is 1. The van der Waals surface area contributed by atoms with Crippen molar-refractivity contribution in [2.75, 3.05) is 13.1 Å². The second-order valence-corrected chi connectivity index (χ2v) is 5.93. The molecule has 0 radical (unpaired) electrons. The van der Waals surface area contributed by atoms with Crippen molar-refractivity contribution in [1.82, 2.24) is 10.6 Å². The van der Waals surface area contributed by atoms with Crippen molar-refractivity contribution in [2.45, 2.75) is 45.1 Å². The first kappa shape index (κ1) is 19.8. The molecule has 0 saturated carbocycles. The van der Waals surface area contributed by atoms with E-state index in [1.54, 1.807) is 0 Å². The van der Waals surface area contributed by atoms with Crippen molar-refractivity contribution in [2.24, 2.45) is 5.92 Å². The minimum atomic E-state index is -0.487. The number of carbonyl (C=O) groups excluding carboxylic acids is 1. The predicted molar refractivity (Wildman–Crippen MR) is 89.6 cm³/mol. The number of nitrogens with one attached hydrogen (secondary N) is 2. The summed E-state index contributed by atoms with van der Waals surface area (Å²) < 4.78 is 27.1. The topological polar surface area (TPSA) is 41.1 Å². The van der Waals surface area contributed by atoms with E-state index >= 15 is 0 Å². The van der Waals surface area contributed by atoms with Crippen LogP contribution < -0.4 is 10.6 Å². The zero-order valence-corrected chi connectivity index (χ0v) is 14.2. The number of halogens is 3. The Hall–Kier alpha value is -1.20. The van der Waals surface area contributed by atoms with Crippen LogP contribution in [0.25, 0.3) is 0 Å². The maximum atomic E-state index is 13.8. The molecule has 1 aromatic rings. The average molecular weight is 347 g/mol. The molecule has 1 unspecified atom stereocenters. The Morgan fingerprint density at radius 3 is 2.70 bits per heavy atom. The Morgan fingerprint density at radius 2 is 2.04 bits per heavy atom. The molecule has 130 valence electrons. The molecule has 1 aromatic carbocycles. The largest absolute Gasteiger partial charge is 0.349 e. The Balaban J connectivity index is 0.00000264. The minimum Gasteiger partial charge on any atom is -0.349 e. The average Bonchev–Trinajstić information content (AvgIpc) is 2.54. The molecule has 1 saturated heterocycles. The van der Waals surface area contributed by atoms with Crippen molar-refractivity contribution < 1.29 is 13.6 Å². The summed E-state index contributed by atoms with van der Waals surface area (Å²) in [6.45, 7) is 3.87. The maximum Gasteiger partial charge on any atom is 0.220 e. The van der Waals surface area contributed by atoms with Crippen molar-refractivity contribution in [3.8, 4) is 0 Å². The van der Waals surface area contributed by atoms with Crippen molar-refractivity contribution in [3.05, 3.63) is 35.4 Å². The lowest BCUT2D eigenvalue weighted by atomic mass is 9.93. The van der Waals surface area contributed by atoms with Crippen LogP contribution in [0.1, 0.15) is 50.6 Å². The molecular formula is C17H25ClF2N2O. The molecule has 2 N–H and O–H groups in total. The second kappa shape index (κ2) is 9.83. The summed E-state index contributed by atoms with van der Waals surface area (Å²) in [5.74, 6) is -0.474. The number of hydrogen-bond acceptors (Lipinski definition) is 2. The molecule has 1 aliphatic rings. The van der Waals surface area contributed by atoms with Crippen LogP contribution in [0.5, 0.6) is 0 Å². The molecule has 23 heavy (non-hydrogen) atoms. The van der Waals surface area contributed by atoms with Gasteiger partial charge in [0.05, 0.1) is 6.04 Å². The quantitative estimate of drug-likeness (QED) is 0.824. The van der Waals surface area contributed by atoms with Gasteiger partial charge >= 0.3 is 0 Å². The van der Waals surface area contributed by atoms with Crippen LogP contribution >= 0.6 is 12.4 Å². The lowest BCUT2D eigenvalue weighted by Gasteiger charge is -2.23. The first-order valence-electron chi connectivity index (χ1n) is 8.05. The van der Waals surface area contributed by atoms with E-state index in [-0.39, 0.29) is 23.9 Å². The Morgan fingerprint density at radius 1 is 1.35 bits per heavy atom. The number of rotatable bonds is 6. The van der Waals surface area contributed by atoms with Gasteiger partial charge in [-0.15, -0.1) is 12.4 Å². The minimum absolute atomic E-state index is 0. The van der Waals surface area contributed by atoms with Gasteiger partial charge in [0.1, 0.15) is 11.6 Å². The summed E-state index contributed by atoms with van der Waals surface area (Å²) in [5, 5.41) is 6.13. The van der Waals surface area contributed by atoms with E-state index in [0.29, 0.717) is 18.8 Å². The number of amides is 1. The smallest absolute Gasteiger partial charge is 0.220 e. The van der Waals surface area contributed by atoms with Crippen LogP contribution in [0.4, 0.5) is 8.78 Å². The van der Waals surface area contributed by atoms with Crippen LogP contribution in [-0.4, -0.2) is 19.0 Å². The van der Waals surface area contributed by atoms with Gasteiger partial charge in [0.2, 0.25) is 5.91 Å². The number of hydrogen-bond donors (Lipinski definition) is 2. The fourth-order valence-electron chi connectivity index (χ4n) is 2.95. The zero-order valence-electron chi connectivity index (χ0n) is 13.4. The number of carbonyl (C=O) groups is 1. The fourth-order valence-corrected chi connectivity index (χ4v) is 2.95. The van der Waals surface area contributed by atoms with E-state index in [0.717, 1.165) is 50.6 Å². The number of piperidine rings is 1. The molecule has 0 bridgehead atoms. The zero-order chi connectivity index (χ0) is 15.9. The summed E-state index contributed by atoms with van der Waals surface area (Å²) in [7, 11) is 0. The van der Waals surface area contributed by atoms with Gasteiger partial charge in [-0.25, -0.2) is 8.78 Å². The first-order valence-corrected chi connectivity index (χ1v) is 8.05. The SMILES string of the molecule is CCC(NC(=O)CCC1CCNCC1)c1cc(F)ccc1F.Cl. The van der Waals surface area contributed by atoms with Gasteiger partial charge in [0, 0.05) is 12.0 Å². The molecule has 6 heteroatoms. The molecule has 1 aliphatic heterocycles. The van der Waals surface area contributed by atoms with Gasteiger partial charge in [0.15, 0.2) is 0 Å². The Bertz CT molecular complexity index is 507. The van der Waals surface area contributed by atoms with Gasteiger partial charge in [0.25, 0.3) is 0 Å². The van der Waals surface area contributed by atoms with Crippen molar-refractivity contribution in [1.29, 1.82) is 0 Å². The Labute approximate surface area is 142 Å². The third-order valence-corrected chi connectivity index (χ3v) is 4.32. The molecule has 0 aromatic heterocycles. The lowest BCUT2D eigenvalue weighted by Crippen LogP contribution is -2.31. The summed E-state index contributed by atoms with van der Waals surface area (Å²) >= 11 is 0. The van der Waals surface area contributed by atoms with Gasteiger partial charge in [-0.3, -0.25) is 4.79 Å². The summed E-state index contributed by atoms with van der Waals surface area (Å²) in [5.41, 5.74) is 0.220. The standard InChI is InChI=1S/C17H24F2N2O.ClH/c1-2-16(14-11-13(18)4-5-15(14)19)21-17(22)6-3-12-7-9-20-10-8-12;/h4-5,11-12,16,20H,2-3,6-10H2,1H3,(H,21,22);1H. The Kier molecular flexibility index (Phi) is 8.48. The van der Waals surface area contributed by atoms with Crippen molar-refractivity contribution in [3.63, 3.8) is 0 Å². The molecular weight excluding hydrogens is 322 g/mol. The van der Waals surface area contributed by atoms with E-state index in [1.807, 2.05) is 6.92 Å². The highest BCUT2D eigenvalue weighted by Gasteiger charge is 2.19. The van der Waals surface area contributed by atoms with Crippen LogP contribution in [-0.2, 0) is 4.79 Å². The van der Waals surface area contributed by atoms with Gasteiger partial charge in [-0.1, -0.05) is 6.92 Å². The highest BCUT2D eigenvalue weighted by molar-refractivity contribution is 5.85. The molecule has 3 nitrogen and oxygen atoms in total. The summed E-state index contributed by atoms with van der Waals surface area (Å²) in [6, 6.07) is 2.88. The fraction of sp³-hybridized carbons (Fsp3) is 0.588. The lowest BCUT2D eigenvalue weighted by molar-refractivity contribution is -0.122. The highest BCUT2D eigenvalue weighted by Crippen LogP contribution is 2.22. The van der Waals surface area contributed by atoms with Gasteiger partial charge in [-0.2, -0.15) is 0 Å². The molecule has 1 fully saturated rings. The molecule has 2 rings (SSSR count). The van der Waals surface area contributed by atoms with Crippen LogP contribution in [0.2, 0.25) is 0 Å². The maximum absolute atomic E-state index is 13.8. The van der Waals surface area contributed by atoms with Gasteiger partial charge in [-0.05, 0) is 62.9 Å². The predicted octanol–water partition coefficient (Wildman–Crippen LogP) is 3.73. The molecule has 1 heterocycles. The third kappa shape index (κ3) is 6.07. The summed E-state index contributed by atoms with van der Waals surface area (Å²) in [4.78, 5) is 12.1. The molecule has 0 spiro atoms. The third-order valence-electron chi connectivity index (χ3n) is 4.32. The highest BCUT2D eigenvalue weighted by atomic mass is 35.5. The summed E-state index contributed by atoms with van der Waals surface area (Å²) in [6.07, 6.45) is 4.03. The first-order chi connectivity index (χ1) is 10.6. The second-order valence-electron chi connectivity index (χ2n) is 5.93. The van der Waals surface area contributed by atoms with Gasteiger partial charge < -0.3 is 10.6 Å². The van der Waals surface area contributed by atoms with Crippen LogP contribution in [0, 0.1) is 17.6 Å². The van der Waals surface area contributed by atoms with Crippen LogP contribution in [0.15, 0.2) is 18.2 Å². The monoisotopic (exact) mass is 346 g/mol. The van der Waals surface area contributed by atoms with E-state index in [2.05, 4.69) is 10.6 Å². The molecule has 1 atom stereocenters. The molecule has 0 aliphatic carbocycles. The van der Waals surface area contributed by atoms with E-state index in [4.69, 9.17) is 0 Å². The van der Waals surface area contributed by atoms with Crippen molar-refractivity contribution >= 4 is 18.3 Å². The van der Waals surface area contributed by atoms with E-state index < -0.39 is 17.7 Å². The normalized spacial score (nSPS) is 16.5. The van der Waals surface area contributed by atoms with E-state index in [1.165, 1.54) is 0 Å². The van der Waals surface area contributed by atoms with E-state index in [9.17, 15) is 13.6 Å².